The van der Waals surface area contributed by atoms with Crippen molar-refractivity contribution in [1.82, 2.24) is 0 Å². The Labute approximate surface area is 142 Å². The molecule has 2 aromatic rings. The monoisotopic (exact) mass is 326 g/mol. The topological polar surface area (TPSA) is 55.8 Å². The van der Waals surface area contributed by atoms with Gasteiger partial charge in [0.2, 0.25) is 0 Å². The van der Waals surface area contributed by atoms with Crippen molar-refractivity contribution in [2.75, 3.05) is 7.11 Å². The van der Waals surface area contributed by atoms with Crippen molar-refractivity contribution in [3.63, 3.8) is 0 Å². The van der Waals surface area contributed by atoms with Crippen LogP contribution >= 0.6 is 0 Å². The molecule has 2 aromatic carbocycles. The lowest BCUT2D eigenvalue weighted by Gasteiger charge is -2.14. The average Bonchev–Trinajstić information content (AvgIpc) is 2.53. The molecule has 2 rings (SSSR count). The van der Waals surface area contributed by atoms with Crippen LogP contribution in [-0.4, -0.2) is 24.3 Å². The molecule has 4 nitrogen and oxygen atoms in total. The van der Waals surface area contributed by atoms with Crippen molar-refractivity contribution in [3.05, 3.63) is 59.2 Å². The summed E-state index contributed by atoms with van der Waals surface area (Å²) in [5.41, 5.74) is 2.72. The summed E-state index contributed by atoms with van der Waals surface area (Å²) in [6.45, 7) is 5.82. The molecule has 0 bridgehead atoms. The highest BCUT2D eigenvalue weighted by Gasteiger charge is 2.12. The van der Waals surface area contributed by atoms with Crippen molar-refractivity contribution >= 4 is 17.6 Å². The maximum absolute atomic E-state index is 11.7. The second kappa shape index (κ2) is 7.68. The van der Waals surface area contributed by atoms with E-state index < -0.39 is 5.97 Å². The Hall–Kier alpha value is -2.75. The van der Waals surface area contributed by atoms with Gasteiger partial charge in [-0.3, -0.25) is 0 Å². The van der Waals surface area contributed by atoms with Crippen LogP contribution in [0, 0.1) is 6.92 Å². The molecule has 0 aliphatic rings. The number of hydrogen-bond acceptors (Lipinski definition) is 3. The van der Waals surface area contributed by atoms with Gasteiger partial charge in [-0.05, 0) is 50.1 Å². The molecule has 0 saturated heterocycles. The molecular weight excluding hydrogens is 304 g/mol. The lowest BCUT2D eigenvalue weighted by atomic mass is 10.0. The van der Waals surface area contributed by atoms with E-state index in [1.165, 1.54) is 0 Å². The fourth-order valence-electron chi connectivity index (χ4n) is 2.30. The Bertz CT molecular complexity index is 743. The van der Waals surface area contributed by atoms with Crippen molar-refractivity contribution < 1.29 is 19.4 Å². The zero-order chi connectivity index (χ0) is 17.7. The summed E-state index contributed by atoms with van der Waals surface area (Å²) < 4.78 is 11.0. The Morgan fingerprint density at radius 2 is 1.75 bits per heavy atom. The highest BCUT2D eigenvalue weighted by Crippen LogP contribution is 2.30. The van der Waals surface area contributed by atoms with E-state index in [1.807, 2.05) is 51.1 Å². The first-order valence-corrected chi connectivity index (χ1v) is 7.77. The van der Waals surface area contributed by atoms with Crippen LogP contribution in [-0.2, 0) is 4.79 Å². The summed E-state index contributed by atoms with van der Waals surface area (Å²) in [6, 6.07) is 12.8. The number of carboxylic acid groups (broad SMARTS) is 1. The van der Waals surface area contributed by atoms with E-state index in [-0.39, 0.29) is 11.7 Å². The fourth-order valence-corrected chi connectivity index (χ4v) is 2.30. The van der Waals surface area contributed by atoms with E-state index in [2.05, 4.69) is 0 Å². The van der Waals surface area contributed by atoms with Crippen LogP contribution in [0.25, 0.3) is 11.6 Å². The second-order valence-electron chi connectivity index (χ2n) is 5.81. The third kappa shape index (κ3) is 4.38. The van der Waals surface area contributed by atoms with Crippen molar-refractivity contribution in [2.45, 2.75) is 26.9 Å². The number of carbonyl (C=O) groups is 1. The minimum atomic E-state index is -0.971. The van der Waals surface area contributed by atoms with Crippen molar-refractivity contribution in [1.29, 1.82) is 0 Å². The van der Waals surface area contributed by atoms with Gasteiger partial charge in [-0.2, -0.15) is 0 Å². The normalized spacial score (nSPS) is 11.5. The van der Waals surface area contributed by atoms with Gasteiger partial charge in [0.15, 0.2) is 11.5 Å². The molecule has 1 N–H and O–H groups in total. The molecule has 0 fully saturated rings. The van der Waals surface area contributed by atoms with Gasteiger partial charge < -0.3 is 14.6 Å². The van der Waals surface area contributed by atoms with Gasteiger partial charge in [-0.1, -0.05) is 35.9 Å². The standard InChI is InChI=1S/C20H22O4/c1-13(2)24-19-12-15(7-10-18(19)23-4)11-17(20(21)22)16-8-5-14(3)6-9-16/h5-13H,1-4H3,(H,21,22)/b17-11-. The molecule has 0 amide bonds. The number of ether oxygens (including phenoxy) is 2. The van der Waals surface area contributed by atoms with Gasteiger partial charge in [0, 0.05) is 0 Å². The van der Waals surface area contributed by atoms with E-state index in [0.717, 1.165) is 11.1 Å². The first-order valence-electron chi connectivity index (χ1n) is 7.77. The van der Waals surface area contributed by atoms with Gasteiger partial charge in [0.05, 0.1) is 18.8 Å². The van der Waals surface area contributed by atoms with Gasteiger partial charge in [-0.15, -0.1) is 0 Å². The lowest BCUT2D eigenvalue weighted by molar-refractivity contribution is -0.130. The van der Waals surface area contributed by atoms with Gasteiger partial charge in [0.1, 0.15) is 0 Å². The highest BCUT2D eigenvalue weighted by atomic mass is 16.5. The summed E-state index contributed by atoms with van der Waals surface area (Å²) in [7, 11) is 1.58. The quantitative estimate of drug-likeness (QED) is 0.631. The van der Waals surface area contributed by atoms with Crippen LogP contribution in [0.5, 0.6) is 11.5 Å². The molecule has 0 saturated carbocycles. The molecule has 0 radical (unpaired) electrons. The number of carboxylic acids is 1. The SMILES string of the molecule is COc1ccc(/C=C(\C(=O)O)c2ccc(C)cc2)cc1OC(C)C. The molecule has 0 spiro atoms. The first-order chi connectivity index (χ1) is 11.4. The number of aryl methyl sites for hydroxylation is 1. The minimum Gasteiger partial charge on any atom is -0.493 e. The Kier molecular flexibility index (Phi) is 5.64. The average molecular weight is 326 g/mol. The van der Waals surface area contributed by atoms with E-state index in [0.29, 0.717) is 17.1 Å². The van der Waals surface area contributed by atoms with E-state index in [1.54, 1.807) is 25.3 Å². The van der Waals surface area contributed by atoms with Crippen LogP contribution in [0.3, 0.4) is 0 Å². The van der Waals surface area contributed by atoms with E-state index >= 15 is 0 Å². The molecule has 0 heterocycles. The zero-order valence-corrected chi connectivity index (χ0v) is 14.4. The summed E-state index contributed by atoms with van der Waals surface area (Å²) >= 11 is 0. The summed E-state index contributed by atoms with van der Waals surface area (Å²) in [5, 5.41) is 9.55. The van der Waals surface area contributed by atoms with E-state index in [9.17, 15) is 9.90 Å². The predicted octanol–water partition coefficient (Wildman–Crippen LogP) is 4.42. The smallest absolute Gasteiger partial charge is 0.336 e. The highest BCUT2D eigenvalue weighted by molar-refractivity contribution is 6.20. The molecule has 24 heavy (non-hydrogen) atoms. The van der Waals surface area contributed by atoms with Gasteiger partial charge in [-0.25, -0.2) is 4.79 Å². The maximum Gasteiger partial charge on any atom is 0.336 e. The number of hydrogen-bond donors (Lipinski definition) is 1. The molecule has 0 unspecified atom stereocenters. The molecule has 126 valence electrons. The van der Waals surface area contributed by atoms with Crippen molar-refractivity contribution in [3.8, 4) is 11.5 Å². The molecule has 0 aromatic heterocycles. The number of aliphatic carboxylic acids is 1. The fraction of sp³-hybridized carbons (Fsp3) is 0.250. The Morgan fingerprint density at radius 1 is 1.08 bits per heavy atom. The second-order valence-corrected chi connectivity index (χ2v) is 5.81. The Morgan fingerprint density at radius 3 is 2.29 bits per heavy atom. The molecule has 4 heteroatoms. The largest absolute Gasteiger partial charge is 0.493 e. The first kappa shape index (κ1) is 17.6. The van der Waals surface area contributed by atoms with Crippen LogP contribution in [0.4, 0.5) is 0 Å². The van der Waals surface area contributed by atoms with Crippen molar-refractivity contribution in [2.24, 2.45) is 0 Å². The maximum atomic E-state index is 11.7. The van der Waals surface area contributed by atoms with Crippen LogP contribution in [0.1, 0.15) is 30.5 Å². The summed E-state index contributed by atoms with van der Waals surface area (Å²) in [4.78, 5) is 11.7. The summed E-state index contributed by atoms with van der Waals surface area (Å²) in [5.74, 6) is 0.240. The van der Waals surface area contributed by atoms with Crippen LogP contribution in [0.2, 0.25) is 0 Å². The summed E-state index contributed by atoms with van der Waals surface area (Å²) in [6.07, 6.45) is 1.63. The third-order valence-electron chi connectivity index (χ3n) is 3.45. The number of rotatable bonds is 6. The zero-order valence-electron chi connectivity index (χ0n) is 14.4. The minimum absolute atomic E-state index is 0.00540. The van der Waals surface area contributed by atoms with Gasteiger partial charge >= 0.3 is 5.97 Å². The third-order valence-corrected chi connectivity index (χ3v) is 3.45. The van der Waals surface area contributed by atoms with Crippen LogP contribution < -0.4 is 9.47 Å². The molecule has 0 atom stereocenters. The number of benzene rings is 2. The van der Waals surface area contributed by atoms with E-state index in [4.69, 9.17) is 9.47 Å². The lowest BCUT2D eigenvalue weighted by Crippen LogP contribution is -2.07. The number of methoxy groups -OCH3 is 1. The molecule has 0 aliphatic heterocycles. The van der Waals surface area contributed by atoms with Crippen LogP contribution in [0.15, 0.2) is 42.5 Å². The molecular formula is C20H22O4. The Balaban J connectivity index is 2.45. The predicted molar refractivity (Wildman–Crippen MR) is 95.4 cm³/mol. The molecule has 0 aliphatic carbocycles. The van der Waals surface area contributed by atoms with Gasteiger partial charge in [0.25, 0.3) is 0 Å².